The Labute approximate surface area is 256 Å². The number of carbonyl (C=O) groups excluding carboxylic acids is 1. The summed E-state index contributed by atoms with van der Waals surface area (Å²) in [7, 11) is 1.44. The van der Waals surface area contributed by atoms with Crippen LogP contribution in [-0.4, -0.2) is 39.1 Å². The smallest absolute Gasteiger partial charge is 0.261 e. The molecule has 6 aromatic rings. The minimum atomic E-state index is -0.967. The molecule has 1 aliphatic rings. The summed E-state index contributed by atoms with van der Waals surface area (Å²) in [6, 6.07) is 22.2. The number of anilines is 3. The normalized spacial score (nSPS) is 12.5. The number of amides is 1. The molecule has 1 amide bonds. The van der Waals surface area contributed by atoms with Crippen molar-refractivity contribution >= 4 is 28.7 Å². The summed E-state index contributed by atoms with van der Waals surface area (Å²) in [5, 5.41) is 14.2. The number of benzene rings is 3. The van der Waals surface area contributed by atoms with E-state index in [0.29, 0.717) is 28.6 Å². The van der Waals surface area contributed by atoms with Gasteiger partial charge in [0.1, 0.15) is 28.6 Å². The standard InChI is InChI=1S/C34H27F2N7O2/c1-45-29-11-9-21(18-27(29)40-33(44)30-24(35)5-4-6-25(30)36)32-31(28-7-2-3-16-43(28)42-32)26-13-15-38-34(41-26)39-23-10-8-20-12-14-37-19-22(20)17-23/h2-11,13,15-18,37H,12,14,19H2,1H3,(H,40,44)(H,38,39,41). The van der Waals surface area contributed by atoms with Crippen molar-refractivity contribution in [2.45, 2.75) is 13.0 Å². The Morgan fingerprint density at radius 2 is 1.84 bits per heavy atom. The van der Waals surface area contributed by atoms with E-state index in [1.54, 1.807) is 28.9 Å². The second-order valence-electron chi connectivity index (χ2n) is 10.5. The van der Waals surface area contributed by atoms with Gasteiger partial charge in [0.15, 0.2) is 0 Å². The van der Waals surface area contributed by atoms with Gasteiger partial charge in [-0.05, 0) is 84.8 Å². The molecule has 9 nitrogen and oxygen atoms in total. The number of fused-ring (bicyclic) bond motifs is 2. The second kappa shape index (κ2) is 11.8. The van der Waals surface area contributed by atoms with Crippen molar-refractivity contribution in [2.24, 2.45) is 0 Å². The molecule has 0 aliphatic carbocycles. The highest BCUT2D eigenvalue weighted by Gasteiger charge is 2.22. The first-order valence-electron chi connectivity index (χ1n) is 14.3. The molecule has 0 unspecified atom stereocenters. The lowest BCUT2D eigenvalue weighted by atomic mass is 10.0. The number of hydrogen-bond acceptors (Lipinski definition) is 7. The largest absolute Gasteiger partial charge is 0.495 e. The zero-order chi connectivity index (χ0) is 30.9. The third-order valence-electron chi connectivity index (χ3n) is 7.71. The van der Waals surface area contributed by atoms with Crippen molar-refractivity contribution in [2.75, 3.05) is 24.3 Å². The summed E-state index contributed by atoms with van der Waals surface area (Å²) in [4.78, 5) is 22.3. The third-order valence-corrected chi connectivity index (χ3v) is 7.71. The van der Waals surface area contributed by atoms with Gasteiger partial charge in [0.25, 0.3) is 5.91 Å². The number of nitrogens with one attached hydrogen (secondary N) is 3. The van der Waals surface area contributed by atoms with Crippen LogP contribution in [0.4, 0.5) is 26.1 Å². The number of nitrogens with zero attached hydrogens (tertiary/aromatic N) is 4. The lowest BCUT2D eigenvalue weighted by Gasteiger charge is -2.18. The van der Waals surface area contributed by atoms with Gasteiger partial charge in [-0.2, -0.15) is 5.10 Å². The molecule has 0 saturated carbocycles. The number of hydrogen-bond donors (Lipinski definition) is 3. The van der Waals surface area contributed by atoms with Crippen LogP contribution in [-0.2, 0) is 13.0 Å². The number of halogens is 2. The number of ether oxygens (including phenoxy) is 1. The fourth-order valence-electron chi connectivity index (χ4n) is 5.55. The zero-order valence-electron chi connectivity index (χ0n) is 24.1. The van der Waals surface area contributed by atoms with Gasteiger partial charge >= 0.3 is 0 Å². The SMILES string of the molecule is COc1ccc(-c2nn3ccccc3c2-c2ccnc(Nc3ccc4c(c3)CNCC4)n2)cc1NC(=O)c1c(F)cccc1F. The van der Waals surface area contributed by atoms with E-state index in [4.69, 9.17) is 14.8 Å². The Hall–Kier alpha value is -5.68. The van der Waals surface area contributed by atoms with Gasteiger partial charge < -0.3 is 20.7 Å². The maximum absolute atomic E-state index is 14.4. The van der Waals surface area contributed by atoms with E-state index >= 15 is 0 Å². The Bertz CT molecular complexity index is 2060. The molecule has 3 aromatic heterocycles. The van der Waals surface area contributed by atoms with E-state index in [2.05, 4.69) is 33.1 Å². The van der Waals surface area contributed by atoms with Crippen LogP contribution in [0.25, 0.3) is 28.0 Å². The number of aromatic nitrogens is 4. The van der Waals surface area contributed by atoms with Crippen molar-refractivity contribution in [3.05, 3.63) is 120 Å². The van der Waals surface area contributed by atoms with Crippen molar-refractivity contribution < 1.29 is 18.3 Å². The lowest BCUT2D eigenvalue weighted by molar-refractivity contribution is 0.101. The average Bonchev–Trinajstić information content (AvgIpc) is 3.44. The van der Waals surface area contributed by atoms with E-state index in [1.807, 2.05) is 36.5 Å². The van der Waals surface area contributed by atoms with Crippen molar-refractivity contribution in [1.82, 2.24) is 24.9 Å². The Balaban J connectivity index is 1.28. The molecule has 45 heavy (non-hydrogen) atoms. The highest BCUT2D eigenvalue weighted by Crippen LogP contribution is 2.38. The van der Waals surface area contributed by atoms with Gasteiger partial charge in [0.2, 0.25) is 5.95 Å². The maximum atomic E-state index is 14.4. The molecule has 11 heteroatoms. The molecule has 0 fully saturated rings. The first kappa shape index (κ1) is 28.1. The Morgan fingerprint density at radius 1 is 0.978 bits per heavy atom. The summed E-state index contributed by atoms with van der Waals surface area (Å²) in [5.41, 5.74) is 6.34. The minimum absolute atomic E-state index is 0.220. The second-order valence-corrected chi connectivity index (χ2v) is 10.5. The van der Waals surface area contributed by atoms with Crippen LogP contribution in [0, 0.1) is 11.6 Å². The molecule has 3 aromatic carbocycles. The van der Waals surface area contributed by atoms with Crippen molar-refractivity contribution in [3.63, 3.8) is 0 Å². The molecule has 0 spiro atoms. The van der Waals surface area contributed by atoms with Gasteiger partial charge in [-0.15, -0.1) is 0 Å². The van der Waals surface area contributed by atoms with E-state index in [0.717, 1.165) is 48.4 Å². The third kappa shape index (κ3) is 5.45. The number of pyridine rings is 1. The summed E-state index contributed by atoms with van der Waals surface area (Å²) in [6.07, 6.45) is 4.51. The van der Waals surface area contributed by atoms with Gasteiger partial charge in [-0.1, -0.05) is 18.2 Å². The molecule has 0 saturated heterocycles. The van der Waals surface area contributed by atoms with E-state index < -0.39 is 23.1 Å². The molecule has 3 N–H and O–H groups in total. The van der Waals surface area contributed by atoms with Crippen molar-refractivity contribution in [3.8, 4) is 28.3 Å². The molecular formula is C34H27F2N7O2. The fourth-order valence-corrected chi connectivity index (χ4v) is 5.55. The number of rotatable bonds is 7. The Kier molecular flexibility index (Phi) is 7.36. The lowest BCUT2D eigenvalue weighted by Crippen LogP contribution is -2.23. The van der Waals surface area contributed by atoms with Gasteiger partial charge in [0, 0.05) is 30.2 Å². The molecular weight excluding hydrogens is 576 g/mol. The minimum Gasteiger partial charge on any atom is -0.495 e. The molecule has 4 heterocycles. The summed E-state index contributed by atoms with van der Waals surface area (Å²) < 4.78 is 35.9. The predicted molar refractivity (Wildman–Crippen MR) is 168 cm³/mol. The molecule has 0 bridgehead atoms. The fraction of sp³-hybridized carbons (Fsp3) is 0.118. The number of carbonyl (C=O) groups is 1. The molecule has 1 aliphatic heterocycles. The predicted octanol–water partition coefficient (Wildman–Crippen LogP) is 6.39. The van der Waals surface area contributed by atoms with Gasteiger partial charge in [-0.25, -0.2) is 23.3 Å². The van der Waals surface area contributed by atoms with Gasteiger partial charge in [-0.3, -0.25) is 4.79 Å². The first-order valence-corrected chi connectivity index (χ1v) is 14.3. The summed E-state index contributed by atoms with van der Waals surface area (Å²) in [6.45, 7) is 1.79. The highest BCUT2D eigenvalue weighted by atomic mass is 19.1. The summed E-state index contributed by atoms with van der Waals surface area (Å²) in [5.74, 6) is -2.15. The zero-order valence-corrected chi connectivity index (χ0v) is 24.1. The average molecular weight is 604 g/mol. The van der Waals surface area contributed by atoms with Crippen LogP contribution in [0.3, 0.4) is 0 Å². The quantitative estimate of drug-likeness (QED) is 0.194. The van der Waals surface area contributed by atoms with E-state index in [-0.39, 0.29) is 5.69 Å². The van der Waals surface area contributed by atoms with Crippen LogP contribution in [0.1, 0.15) is 21.5 Å². The van der Waals surface area contributed by atoms with Crippen molar-refractivity contribution in [1.29, 1.82) is 0 Å². The van der Waals surface area contributed by atoms with Gasteiger partial charge in [0.05, 0.1) is 29.6 Å². The first-order chi connectivity index (χ1) is 22.0. The topological polar surface area (TPSA) is 105 Å². The maximum Gasteiger partial charge on any atom is 0.261 e. The van der Waals surface area contributed by atoms with E-state index in [1.165, 1.54) is 24.3 Å². The monoisotopic (exact) mass is 603 g/mol. The van der Waals surface area contributed by atoms with Crippen LogP contribution in [0.2, 0.25) is 0 Å². The Morgan fingerprint density at radius 3 is 2.69 bits per heavy atom. The van der Waals surface area contributed by atoms with Crippen LogP contribution in [0.5, 0.6) is 5.75 Å². The van der Waals surface area contributed by atoms with Crippen LogP contribution in [0.15, 0.2) is 91.3 Å². The highest BCUT2D eigenvalue weighted by molar-refractivity contribution is 6.06. The molecule has 0 atom stereocenters. The molecule has 0 radical (unpaired) electrons. The molecule has 224 valence electrons. The number of methoxy groups -OCH3 is 1. The molecule has 7 rings (SSSR count). The van der Waals surface area contributed by atoms with Crippen LogP contribution < -0.4 is 20.7 Å². The van der Waals surface area contributed by atoms with Crippen LogP contribution >= 0.6 is 0 Å². The van der Waals surface area contributed by atoms with E-state index in [9.17, 15) is 13.6 Å². The summed E-state index contributed by atoms with van der Waals surface area (Å²) >= 11 is 0.